The van der Waals surface area contributed by atoms with E-state index in [2.05, 4.69) is 4.98 Å². The smallest absolute Gasteiger partial charge is 0.305 e. The highest BCUT2D eigenvalue weighted by Crippen LogP contribution is 2.24. The van der Waals surface area contributed by atoms with Crippen molar-refractivity contribution >= 4 is 29.2 Å². The molecule has 1 aromatic rings. The second-order valence-electron chi connectivity index (χ2n) is 2.74. The highest BCUT2D eigenvalue weighted by atomic mass is 35.5. The Morgan fingerprint density at radius 3 is 2.86 bits per heavy atom. The molecule has 0 spiro atoms. The van der Waals surface area contributed by atoms with Gasteiger partial charge in [0.05, 0.1) is 11.4 Å². The summed E-state index contributed by atoms with van der Waals surface area (Å²) in [5.74, 6) is -0.992. The van der Waals surface area contributed by atoms with Crippen molar-refractivity contribution in [2.75, 3.05) is 0 Å². The minimum atomic E-state index is -0.992. The Balaban J connectivity index is 2.93. The number of carboxylic acids is 1. The predicted molar refractivity (Wildman–Crippen MR) is 53.4 cm³/mol. The van der Waals surface area contributed by atoms with Crippen LogP contribution in [0.1, 0.15) is 18.0 Å². The zero-order valence-electron chi connectivity index (χ0n) is 7.08. The Hall–Kier alpha value is -0.840. The summed E-state index contributed by atoms with van der Waals surface area (Å²) in [4.78, 5) is 14.2. The number of rotatable bonds is 3. The van der Waals surface area contributed by atoms with Gasteiger partial charge >= 0.3 is 5.97 Å². The molecular formula is C8H8Cl2N2O2. The van der Waals surface area contributed by atoms with Gasteiger partial charge < -0.3 is 10.8 Å². The van der Waals surface area contributed by atoms with Crippen LogP contribution >= 0.6 is 23.2 Å². The minimum absolute atomic E-state index is 0.183. The van der Waals surface area contributed by atoms with Crippen molar-refractivity contribution in [3.8, 4) is 0 Å². The number of hydrogen-bond acceptors (Lipinski definition) is 3. The van der Waals surface area contributed by atoms with E-state index in [0.717, 1.165) is 0 Å². The maximum atomic E-state index is 10.4. The van der Waals surface area contributed by atoms with E-state index in [1.165, 1.54) is 12.3 Å². The van der Waals surface area contributed by atoms with Gasteiger partial charge in [-0.1, -0.05) is 23.2 Å². The molecule has 0 saturated carbocycles. The summed E-state index contributed by atoms with van der Waals surface area (Å²) in [5, 5.41) is 9.09. The highest BCUT2D eigenvalue weighted by Gasteiger charge is 2.14. The fourth-order valence-corrected chi connectivity index (χ4v) is 1.41. The van der Waals surface area contributed by atoms with Gasteiger partial charge in [0.15, 0.2) is 0 Å². The summed E-state index contributed by atoms with van der Waals surface area (Å²) in [6.07, 6.45) is 1.17. The number of carbonyl (C=O) groups is 1. The van der Waals surface area contributed by atoms with Gasteiger partial charge in [0.1, 0.15) is 5.15 Å². The van der Waals surface area contributed by atoms with E-state index in [9.17, 15) is 4.79 Å². The van der Waals surface area contributed by atoms with Crippen molar-refractivity contribution in [2.24, 2.45) is 5.73 Å². The van der Waals surface area contributed by atoms with E-state index in [4.69, 9.17) is 34.0 Å². The molecule has 1 rings (SSSR count). The molecule has 0 aliphatic rings. The largest absolute Gasteiger partial charge is 0.481 e. The molecule has 1 atom stereocenters. The van der Waals surface area contributed by atoms with E-state index in [-0.39, 0.29) is 11.6 Å². The summed E-state index contributed by atoms with van der Waals surface area (Å²) in [6, 6.07) is 0.830. The lowest BCUT2D eigenvalue weighted by Gasteiger charge is -2.10. The van der Waals surface area contributed by atoms with Crippen molar-refractivity contribution < 1.29 is 9.90 Å². The van der Waals surface area contributed by atoms with E-state index in [1.807, 2.05) is 0 Å². The fraction of sp³-hybridized carbons (Fsp3) is 0.250. The Labute approximate surface area is 90.6 Å². The van der Waals surface area contributed by atoms with E-state index in [0.29, 0.717) is 10.6 Å². The van der Waals surface area contributed by atoms with Crippen LogP contribution in [-0.2, 0) is 4.79 Å². The Bertz CT molecular complexity index is 357. The molecule has 1 aromatic heterocycles. The van der Waals surface area contributed by atoms with Crippen LogP contribution in [0.3, 0.4) is 0 Å². The normalized spacial score (nSPS) is 12.5. The monoisotopic (exact) mass is 234 g/mol. The van der Waals surface area contributed by atoms with Crippen LogP contribution in [0, 0.1) is 0 Å². The van der Waals surface area contributed by atoms with Gasteiger partial charge in [0.25, 0.3) is 0 Å². The molecule has 76 valence electrons. The summed E-state index contributed by atoms with van der Waals surface area (Å²) < 4.78 is 0. The van der Waals surface area contributed by atoms with E-state index >= 15 is 0 Å². The number of aliphatic carboxylic acids is 1. The number of hydrogen-bond donors (Lipinski definition) is 2. The quantitative estimate of drug-likeness (QED) is 0.784. The summed E-state index contributed by atoms with van der Waals surface area (Å²) in [6.45, 7) is 0. The first-order chi connectivity index (χ1) is 6.50. The Kier molecular flexibility index (Phi) is 3.69. The molecule has 0 amide bonds. The molecule has 0 aromatic carbocycles. The van der Waals surface area contributed by atoms with Crippen LogP contribution in [0.2, 0.25) is 10.2 Å². The third-order valence-electron chi connectivity index (χ3n) is 1.63. The van der Waals surface area contributed by atoms with E-state index in [1.54, 1.807) is 0 Å². The molecule has 0 aliphatic heterocycles. The van der Waals surface area contributed by atoms with Crippen LogP contribution in [0.5, 0.6) is 0 Å². The number of aromatic nitrogens is 1. The lowest BCUT2D eigenvalue weighted by atomic mass is 10.1. The zero-order valence-corrected chi connectivity index (χ0v) is 8.59. The average molecular weight is 235 g/mol. The number of nitrogens with two attached hydrogens (primary N) is 1. The van der Waals surface area contributed by atoms with Gasteiger partial charge in [-0.3, -0.25) is 4.79 Å². The summed E-state index contributed by atoms with van der Waals surface area (Å²) >= 11 is 11.4. The molecule has 6 heteroatoms. The van der Waals surface area contributed by atoms with Crippen molar-refractivity contribution in [2.45, 2.75) is 12.5 Å². The van der Waals surface area contributed by atoms with Crippen LogP contribution in [0.25, 0.3) is 0 Å². The van der Waals surface area contributed by atoms with Crippen LogP contribution < -0.4 is 5.73 Å². The summed E-state index contributed by atoms with van der Waals surface area (Å²) in [7, 11) is 0. The van der Waals surface area contributed by atoms with E-state index < -0.39 is 12.0 Å². The van der Waals surface area contributed by atoms with Gasteiger partial charge in [-0.15, -0.1) is 0 Å². The van der Waals surface area contributed by atoms with Crippen LogP contribution in [0.15, 0.2) is 12.3 Å². The molecule has 0 radical (unpaired) electrons. The van der Waals surface area contributed by atoms with Gasteiger partial charge in [-0.25, -0.2) is 4.98 Å². The topological polar surface area (TPSA) is 76.2 Å². The van der Waals surface area contributed by atoms with Crippen molar-refractivity contribution in [3.63, 3.8) is 0 Å². The van der Waals surface area contributed by atoms with Gasteiger partial charge in [0, 0.05) is 17.8 Å². The molecule has 0 aliphatic carbocycles. The summed E-state index contributed by atoms with van der Waals surface area (Å²) in [5.41, 5.74) is 6.05. The molecule has 0 saturated heterocycles. The Morgan fingerprint density at radius 1 is 1.64 bits per heavy atom. The SMILES string of the molecule is N[C@@H](CC(=O)O)c1cc(Cl)cnc1Cl. The van der Waals surface area contributed by atoms with Gasteiger partial charge in [0.2, 0.25) is 0 Å². The van der Waals surface area contributed by atoms with Crippen molar-refractivity contribution in [1.82, 2.24) is 4.98 Å². The molecule has 0 bridgehead atoms. The fourth-order valence-electron chi connectivity index (χ4n) is 0.996. The molecule has 14 heavy (non-hydrogen) atoms. The molecule has 4 nitrogen and oxygen atoms in total. The maximum absolute atomic E-state index is 10.4. The minimum Gasteiger partial charge on any atom is -0.481 e. The standard InChI is InChI=1S/C8H8Cl2N2O2/c9-4-1-5(8(10)12-3-4)6(11)2-7(13)14/h1,3,6H,2,11H2,(H,13,14)/t6-/m0/s1. The second kappa shape index (κ2) is 4.59. The van der Waals surface area contributed by atoms with Crippen molar-refractivity contribution in [3.05, 3.63) is 28.0 Å². The maximum Gasteiger partial charge on any atom is 0.305 e. The molecular weight excluding hydrogens is 227 g/mol. The lowest BCUT2D eigenvalue weighted by Crippen LogP contribution is -2.15. The average Bonchev–Trinajstić information content (AvgIpc) is 2.08. The number of halogens is 2. The van der Waals surface area contributed by atoms with Crippen molar-refractivity contribution in [1.29, 1.82) is 0 Å². The lowest BCUT2D eigenvalue weighted by molar-refractivity contribution is -0.137. The third-order valence-corrected chi connectivity index (χ3v) is 2.15. The Morgan fingerprint density at radius 2 is 2.29 bits per heavy atom. The molecule has 1 heterocycles. The van der Waals surface area contributed by atoms with Crippen LogP contribution in [-0.4, -0.2) is 16.1 Å². The first kappa shape index (κ1) is 11.2. The zero-order chi connectivity index (χ0) is 10.7. The first-order valence-electron chi connectivity index (χ1n) is 3.79. The number of pyridine rings is 1. The predicted octanol–water partition coefficient (Wildman–Crippen LogP) is 1.86. The highest BCUT2D eigenvalue weighted by molar-refractivity contribution is 6.32. The molecule has 0 fully saturated rings. The second-order valence-corrected chi connectivity index (χ2v) is 3.53. The van der Waals surface area contributed by atoms with Gasteiger partial charge in [-0.05, 0) is 6.07 Å². The van der Waals surface area contributed by atoms with Gasteiger partial charge in [-0.2, -0.15) is 0 Å². The molecule has 3 N–H and O–H groups in total. The number of nitrogens with zero attached hydrogens (tertiary/aromatic N) is 1. The first-order valence-corrected chi connectivity index (χ1v) is 4.54. The third kappa shape index (κ3) is 2.83. The number of carboxylic acid groups (broad SMARTS) is 1. The molecule has 0 unspecified atom stereocenters. The van der Waals surface area contributed by atoms with Crippen LogP contribution in [0.4, 0.5) is 0 Å².